The second kappa shape index (κ2) is 5.36. The molecule has 0 radical (unpaired) electrons. The Bertz CT molecular complexity index is 522. The van der Waals surface area contributed by atoms with Crippen LogP contribution < -0.4 is 5.32 Å². The number of hydrogen-bond acceptors (Lipinski definition) is 3. The lowest BCUT2D eigenvalue weighted by Crippen LogP contribution is -2.29. The average molecular weight is 271 g/mol. The van der Waals surface area contributed by atoms with E-state index >= 15 is 0 Å². The van der Waals surface area contributed by atoms with Crippen molar-refractivity contribution in [3.05, 3.63) is 29.6 Å². The normalized spacial score (nSPS) is 17.9. The van der Waals surface area contributed by atoms with Gasteiger partial charge in [0.05, 0.1) is 0 Å². The molecule has 0 atom stereocenters. The molecule has 0 aliphatic carbocycles. The van der Waals surface area contributed by atoms with Crippen LogP contribution in [0, 0.1) is 11.7 Å². The van der Waals surface area contributed by atoms with Gasteiger partial charge in [0.15, 0.2) is 9.84 Å². The molecule has 1 aromatic rings. The number of sulfone groups is 1. The van der Waals surface area contributed by atoms with E-state index in [2.05, 4.69) is 5.32 Å². The van der Waals surface area contributed by atoms with Crippen LogP contribution in [0.1, 0.15) is 18.4 Å². The summed E-state index contributed by atoms with van der Waals surface area (Å²) in [4.78, 5) is -0.122. The van der Waals surface area contributed by atoms with Crippen molar-refractivity contribution in [1.82, 2.24) is 5.32 Å². The SMILES string of the molecule is CS(=O)(=O)c1c(F)cccc1CC1CCNCC1. The molecule has 0 amide bonds. The van der Waals surface area contributed by atoms with Crippen LogP contribution in [0.15, 0.2) is 23.1 Å². The highest BCUT2D eigenvalue weighted by atomic mass is 32.2. The van der Waals surface area contributed by atoms with Gasteiger partial charge in [-0.1, -0.05) is 12.1 Å². The largest absolute Gasteiger partial charge is 0.317 e. The van der Waals surface area contributed by atoms with Gasteiger partial charge in [-0.25, -0.2) is 12.8 Å². The van der Waals surface area contributed by atoms with E-state index in [4.69, 9.17) is 0 Å². The molecule has 5 heteroatoms. The van der Waals surface area contributed by atoms with Crippen molar-refractivity contribution in [1.29, 1.82) is 0 Å². The molecule has 1 N–H and O–H groups in total. The lowest BCUT2D eigenvalue weighted by Gasteiger charge is -2.23. The van der Waals surface area contributed by atoms with Gasteiger partial charge in [-0.05, 0) is 49.9 Å². The van der Waals surface area contributed by atoms with E-state index < -0.39 is 15.7 Å². The Labute approximate surface area is 107 Å². The van der Waals surface area contributed by atoms with Crippen LogP contribution in [0.5, 0.6) is 0 Å². The summed E-state index contributed by atoms with van der Waals surface area (Å²) in [5.74, 6) is -0.197. The fourth-order valence-corrected chi connectivity index (χ4v) is 3.58. The zero-order chi connectivity index (χ0) is 13.2. The van der Waals surface area contributed by atoms with E-state index in [9.17, 15) is 12.8 Å². The number of benzene rings is 1. The second-order valence-electron chi connectivity index (χ2n) is 4.90. The number of nitrogens with one attached hydrogen (secondary N) is 1. The fourth-order valence-electron chi connectivity index (χ4n) is 2.53. The van der Waals surface area contributed by atoms with Crippen molar-refractivity contribution in [3.8, 4) is 0 Å². The summed E-state index contributed by atoms with van der Waals surface area (Å²) in [6, 6.07) is 4.52. The fraction of sp³-hybridized carbons (Fsp3) is 0.538. The average Bonchev–Trinajstić information content (AvgIpc) is 2.28. The Kier molecular flexibility index (Phi) is 4.02. The molecule has 2 rings (SSSR count). The molecule has 0 saturated carbocycles. The predicted molar refractivity (Wildman–Crippen MR) is 68.8 cm³/mol. The molecule has 0 bridgehead atoms. The maximum absolute atomic E-state index is 13.7. The van der Waals surface area contributed by atoms with Crippen molar-refractivity contribution in [2.24, 2.45) is 5.92 Å². The van der Waals surface area contributed by atoms with Crippen molar-refractivity contribution in [2.45, 2.75) is 24.2 Å². The summed E-state index contributed by atoms with van der Waals surface area (Å²) >= 11 is 0. The molecule has 1 heterocycles. The molecule has 1 fully saturated rings. The predicted octanol–water partition coefficient (Wildman–Crippen LogP) is 1.77. The molecular formula is C13H18FNO2S. The Morgan fingerprint density at radius 3 is 2.61 bits per heavy atom. The van der Waals surface area contributed by atoms with Crippen molar-refractivity contribution >= 4 is 9.84 Å². The molecule has 100 valence electrons. The zero-order valence-electron chi connectivity index (χ0n) is 10.4. The summed E-state index contributed by atoms with van der Waals surface area (Å²) in [7, 11) is -3.51. The number of rotatable bonds is 3. The Balaban J connectivity index is 2.30. The molecule has 3 nitrogen and oxygen atoms in total. The molecule has 1 aliphatic heterocycles. The summed E-state index contributed by atoms with van der Waals surface area (Å²) in [6.07, 6.45) is 3.73. The molecule has 1 aliphatic rings. The minimum atomic E-state index is -3.51. The molecule has 18 heavy (non-hydrogen) atoms. The van der Waals surface area contributed by atoms with E-state index in [0.29, 0.717) is 17.9 Å². The number of halogens is 1. The summed E-state index contributed by atoms with van der Waals surface area (Å²) in [6.45, 7) is 1.91. The van der Waals surface area contributed by atoms with E-state index in [1.165, 1.54) is 6.07 Å². The molecule has 1 saturated heterocycles. The van der Waals surface area contributed by atoms with Crippen molar-refractivity contribution in [3.63, 3.8) is 0 Å². The van der Waals surface area contributed by atoms with Gasteiger partial charge in [0.25, 0.3) is 0 Å². The first kappa shape index (κ1) is 13.5. The Hall–Kier alpha value is -0.940. The first-order valence-corrected chi connectivity index (χ1v) is 8.06. The zero-order valence-corrected chi connectivity index (χ0v) is 11.3. The first-order chi connectivity index (χ1) is 8.48. The molecule has 0 aromatic heterocycles. The monoisotopic (exact) mass is 271 g/mol. The van der Waals surface area contributed by atoms with E-state index in [0.717, 1.165) is 32.2 Å². The van der Waals surface area contributed by atoms with E-state index in [1.54, 1.807) is 12.1 Å². The molecule has 0 spiro atoms. The van der Waals surface area contributed by atoms with Gasteiger partial charge >= 0.3 is 0 Å². The molecular weight excluding hydrogens is 253 g/mol. The lowest BCUT2D eigenvalue weighted by molar-refractivity contribution is 0.370. The topological polar surface area (TPSA) is 46.2 Å². The van der Waals surface area contributed by atoms with Crippen LogP contribution in [0.2, 0.25) is 0 Å². The minimum absolute atomic E-state index is 0.122. The van der Waals surface area contributed by atoms with Gasteiger partial charge in [0.1, 0.15) is 10.7 Å². The summed E-state index contributed by atoms with van der Waals surface area (Å²) in [5, 5.41) is 3.26. The lowest BCUT2D eigenvalue weighted by atomic mass is 9.91. The third kappa shape index (κ3) is 3.09. The summed E-state index contributed by atoms with van der Waals surface area (Å²) < 4.78 is 37.0. The Morgan fingerprint density at radius 2 is 2.00 bits per heavy atom. The molecule has 0 unspecified atom stereocenters. The smallest absolute Gasteiger partial charge is 0.178 e. The second-order valence-corrected chi connectivity index (χ2v) is 6.85. The summed E-state index contributed by atoms with van der Waals surface area (Å²) in [5.41, 5.74) is 0.615. The highest BCUT2D eigenvalue weighted by molar-refractivity contribution is 7.90. The number of hydrogen-bond donors (Lipinski definition) is 1. The van der Waals surface area contributed by atoms with Crippen molar-refractivity contribution < 1.29 is 12.8 Å². The third-order valence-corrected chi connectivity index (χ3v) is 4.59. The number of piperidine rings is 1. The highest BCUT2D eigenvalue weighted by Gasteiger charge is 2.21. The Morgan fingerprint density at radius 1 is 1.33 bits per heavy atom. The maximum Gasteiger partial charge on any atom is 0.178 e. The quantitative estimate of drug-likeness (QED) is 0.911. The maximum atomic E-state index is 13.7. The third-order valence-electron chi connectivity index (χ3n) is 3.39. The highest BCUT2D eigenvalue weighted by Crippen LogP contribution is 2.25. The van der Waals surface area contributed by atoms with Crippen LogP contribution >= 0.6 is 0 Å². The van der Waals surface area contributed by atoms with Crippen LogP contribution in [0.25, 0.3) is 0 Å². The molecule has 1 aromatic carbocycles. The van der Waals surface area contributed by atoms with Crippen LogP contribution in [0.4, 0.5) is 4.39 Å². The van der Waals surface area contributed by atoms with Crippen LogP contribution in [-0.4, -0.2) is 27.8 Å². The standard InChI is InChI=1S/C13H18FNO2S/c1-18(16,17)13-11(3-2-4-12(13)14)9-10-5-7-15-8-6-10/h2-4,10,15H,5-9H2,1H3. The van der Waals surface area contributed by atoms with Gasteiger partial charge < -0.3 is 5.32 Å². The minimum Gasteiger partial charge on any atom is -0.317 e. The van der Waals surface area contributed by atoms with E-state index in [1.807, 2.05) is 0 Å². The van der Waals surface area contributed by atoms with Crippen molar-refractivity contribution in [2.75, 3.05) is 19.3 Å². The van der Waals surface area contributed by atoms with Gasteiger partial charge in [-0.3, -0.25) is 0 Å². The van der Waals surface area contributed by atoms with Crippen LogP contribution in [0.3, 0.4) is 0 Å². The van der Waals surface area contributed by atoms with Gasteiger partial charge in [-0.15, -0.1) is 0 Å². The van der Waals surface area contributed by atoms with E-state index in [-0.39, 0.29) is 4.90 Å². The van der Waals surface area contributed by atoms with Gasteiger partial charge in [0, 0.05) is 6.26 Å². The van der Waals surface area contributed by atoms with Gasteiger partial charge in [-0.2, -0.15) is 0 Å². The first-order valence-electron chi connectivity index (χ1n) is 6.16. The van der Waals surface area contributed by atoms with Gasteiger partial charge in [0.2, 0.25) is 0 Å². The van der Waals surface area contributed by atoms with Crippen LogP contribution in [-0.2, 0) is 16.3 Å².